The predicted octanol–water partition coefficient (Wildman–Crippen LogP) is 21.5. The van der Waals surface area contributed by atoms with Crippen molar-refractivity contribution in [2.45, 2.75) is 316 Å². The maximum absolute atomic E-state index is 12.9. The molecule has 0 bridgehead atoms. The van der Waals surface area contributed by atoms with Gasteiger partial charge in [-0.2, -0.15) is 0 Å². The Labute approximate surface area is 458 Å². The van der Waals surface area contributed by atoms with Gasteiger partial charge in [-0.05, 0) is 89.9 Å². The summed E-state index contributed by atoms with van der Waals surface area (Å²) in [6.07, 6.45) is 81.6. The second-order valence-electron chi connectivity index (χ2n) is 20.9. The van der Waals surface area contributed by atoms with E-state index in [-0.39, 0.29) is 37.5 Å². The highest BCUT2D eigenvalue weighted by atomic mass is 16.6. The highest BCUT2D eigenvalue weighted by Crippen LogP contribution is 2.17. The lowest BCUT2D eigenvalue weighted by molar-refractivity contribution is -0.167. The molecule has 0 aromatic heterocycles. The molecule has 0 aliphatic rings. The summed E-state index contributed by atoms with van der Waals surface area (Å²) in [5.41, 5.74) is 0. The van der Waals surface area contributed by atoms with E-state index >= 15 is 0 Å². The van der Waals surface area contributed by atoms with E-state index in [2.05, 4.69) is 106 Å². The Hall–Kier alpha value is -3.41. The van der Waals surface area contributed by atoms with Crippen molar-refractivity contribution in [3.8, 4) is 0 Å². The lowest BCUT2D eigenvalue weighted by Gasteiger charge is -2.18. The molecule has 0 heterocycles. The van der Waals surface area contributed by atoms with Crippen LogP contribution in [0.4, 0.5) is 0 Å². The Morgan fingerprint density at radius 2 is 0.541 bits per heavy atom. The number of ether oxygens (including phenoxy) is 3. The number of carbonyl (C=O) groups excluding carboxylic acids is 3. The summed E-state index contributed by atoms with van der Waals surface area (Å²) < 4.78 is 16.9. The van der Waals surface area contributed by atoms with Crippen molar-refractivity contribution in [2.75, 3.05) is 13.2 Å². The minimum absolute atomic E-state index is 0.0933. The molecule has 1 unspecified atom stereocenters. The average molecular weight is 1030 g/mol. The minimum Gasteiger partial charge on any atom is -0.462 e. The molecule has 0 saturated carbocycles. The van der Waals surface area contributed by atoms with Gasteiger partial charge in [-0.1, -0.05) is 286 Å². The fraction of sp³-hybridized carbons (Fsp3) is 0.750. The van der Waals surface area contributed by atoms with Gasteiger partial charge in [0.05, 0.1) is 0 Å². The van der Waals surface area contributed by atoms with Gasteiger partial charge < -0.3 is 14.2 Å². The molecule has 74 heavy (non-hydrogen) atoms. The zero-order valence-corrected chi connectivity index (χ0v) is 48.8. The van der Waals surface area contributed by atoms with Crippen molar-refractivity contribution < 1.29 is 28.6 Å². The van der Waals surface area contributed by atoms with Crippen LogP contribution in [-0.4, -0.2) is 37.2 Å². The van der Waals surface area contributed by atoms with E-state index in [1.807, 2.05) is 0 Å². The van der Waals surface area contributed by atoms with Crippen LogP contribution in [0.15, 0.2) is 85.1 Å². The number of hydrogen-bond acceptors (Lipinski definition) is 6. The topological polar surface area (TPSA) is 78.9 Å². The number of unbranched alkanes of at least 4 members (excludes halogenated alkanes) is 32. The smallest absolute Gasteiger partial charge is 0.306 e. The van der Waals surface area contributed by atoms with E-state index in [9.17, 15) is 14.4 Å². The van der Waals surface area contributed by atoms with Crippen LogP contribution in [0.25, 0.3) is 0 Å². The van der Waals surface area contributed by atoms with Crippen LogP contribution in [-0.2, 0) is 28.6 Å². The molecule has 0 fully saturated rings. The third-order valence-corrected chi connectivity index (χ3v) is 13.6. The summed E-state index contributed by atoms with van der Waals surface area (Å²) in [4.78, 5) is 38.3. The van der Waals surface area contributed by atoms with E-state index in [1.165, 1.54) is 180 Å². The van der Waals surface area contributed by atoms with Gasteiger partial charge in [-0.25, -0.2) is 0 Å². The molecule has 0 amide bonds. The SMILES string of the molecule is CC/C=C\C/C=C\C/C=C\C/C=C\C/C=C\CCCC(=O)OCC(COC(=O)CCCCCCCCCCCCCCCCCCCCCC)OC(=O)CCCCCCCCCCC/C=C\C/C=C\CCCCC. The number of rotatable bonds is 57. The zero-order valence-electron chi connectivity index (χ0n) is 48.8. The first-order valence-electron chi connectivity index (χ1n) is 31.6. The van der Waals surface area contributed by atoms with Crippen molar-refractivity contribution >= 4 is 17.9 Å². The third-order valence-electron chi connectivity index (χ3n) is 13.6. The van der Waals surface area contributed by atoms with Gasteiger partial charge in [0.2, 0.25) is 0 Å². The van der Waals surface area contributed by atoms with Crippen LogP contribution in [0.1, 0.15) is 310 Å². The number of esters is 3. The maximum Gasteiger partial charge on any atom is 0.306 e. The summed E-state index contributed by atoms with van der Waals surface area (Å²) in [5, 5.41) is 0. The third kappa shape index (κ3) is 59.5. The largest absolute Gasteiger partial charge is 0.462 e. The molecule has 0 spiro atoms. The van der Waals surface area contributed by atoms with Gasteiger partial charge >= 0.3 is 17.9 Å². The summed E-state index contributed by atoms with van der Waals surface area (Å²) in [6, 6.07) is 0. The van der Waals surface area contributed by atoms with E-state index in [1.54, 1.807) is 0 Å². The molecule has 0 N–H and O–H groups in total. The lowest BCUT2D eigenvalue weighted by Crippen LogP contribution is -2.30. The van der Waals surface area contributed by atoms with Crippen molar-refractivity contribution in [2.24, 2.45) is 0 Å². The van der Waals surface area contributed by atoms with E-state index < -0.39 is 6.10 Å². The Kier molecular flexibility index (Phi) is 59.3. The van der Waals surface area contributed by atoms with E-state index in [0.717, 1.165) is 83.5 Å². The molecule has 0 rings (SSSR count). The van der Waals surface area contributed by atoms with Crippen molar-refractivity contribution in [1.29, 1.82) is 0 Å². The summed E-state index contributed by atoms with van der Waals surface area (Å²) >= 11 is 0. The van der Waals surface area contributed by atoms with Gasteiger partial charge in [-0.15, -0.1) is 0 Å². The first-order chi connectivity index (χ1) is 36.5. The van der Waals surface area contributed by atoms with Gasteiger partial charge in [0.25, 0.3) is 0 Å². The van der Waals surface area contributed by atoms with Gasteiger partial charge in [0, 0.05) is 19.3 Å². The monoisotopic (exact) mass is 1030 g/mol. The Morgan fingerprint density at radius 3 is 0.905 bits per heavy atom. The summed E-state index contributed by atoms with van der Waals surface area (Å²) in [7, 11) is 0. The molecule has 426 valence electrons. The van der Waals surface area contributed by atoms with Crippen LogP contribution in [0.2, 0.25) is 0 Å². The Bertz CT molecular complexity index is 1420. The molecule has 1 atom stereocenters. The summed E-state index contributed by atoms with van der Waals surface area (Å²) in [5.74, 6) is -0.945. The molecule has 6 nitrogen and oxygen atoms in total. The van der Waals surface area contributed by atoms with Crippen molar-refractivity contribution in [3.05, 3.63) is 85.1 Å². The van der Waals surface area contributed by atoms with E-state index in [4.69, 9.17) is 14.2 Å². The first kappa shape index (κ1) is 70.6. The average Bonchev–Trinajstić information content (AvgIpc) is 3.40. The van der Waals surface area contributed by atoms with Crippen molar-refractivity contribution in [3.63, 3.8) is 0 Å². The molecule has 0 radical (unpaired) electrons. The highest BCUT2D eigenvalue weighted by molar-refractivity contribution is 5.71. The normalized spacial score (nSPS) is 12.6. The molecule has 0 aromatic carbocycles. The van der Waals surface area contributed by atoms with Gasteiger partial charge in [-0.3, -0.25) is 14.4 Å². The van der Waals surface area contributed by atoms with Crippen molar-refractivity contribution in [1.82, 2.24) is 0 Å². The van der Waals surface area contributed by atoms with Crippen LogP contribution < -0.4 is 0 Å². The zero-order chi connectivity index (χ0) is 53.6. The molecular formula is C68H118O6. The predicted molar refractivity (Wildman–Crippen MR) is 321 cm³/mol. The van der Waals surface area contributed by atoms with Gasteiger partial charge in [0.1, 0.15) is 13.2 Å². The fourth-order valence-electron chi connectivity index (χ4n) is 8.92. The first-order valence-corrected chi connectivity index (χ1v) is 31.6. The Balaban J connectivity index is 4.43. The second kappa shape index (κ2) is 62.1. The highest BCUT2D eigenvalue weighted by Gasteiger charge is 2.19. The summed E-state index contributed by atoms with van der Waals surface area (Å²) in [6.45, 7) is 6.49. The van der Waals surface area contributed by atoms with E-state index in [0.29, 0.717) is 19.3 Å². The fourth-order valence-corrected chi connectivity index (χ4v) is 8.92. The number of hydrogen-bond donors (Lipinski definition) is 0. The van der Waals surface area contributed by atoms with Gasteiger partial charge in [0.15, 0.2) is 6.10 Å². The second-order valence-corrected chi connectivity index (χ2v) is 20.9. The van der Waals surface area contributed by atoms with Crippen LogP contribution >= 0.6 is 0 Å². The van der Waals surface area contributed by atoms with Crippen LogP contribution in [0.3, 0.4) is 0 Å². The van der Waals surface area contributed by atoms with Crippen LogP contribution in [0, 0.1) is 0 Å². The molecule has 0 aliphatic carbocycles. The minimum atomic E-state index is -0.802. The number of carbonyl (C=O) groups is 3. The standard InChI is InChI=1S/C68H118O6/c1-4-7-10-13-16-19-22-25-28-31-33-35-37-40-43-46-49-52-55-58-61-67(70)73-64-65(63-72-66(69)60-57-54-51-48-45-42-39-36-30-27-24-21-18-15-12-9-6-3)74-68(71)62-59-56-53-50-47-44-41-38-34-32-29-26-23-20-17-14-11-8-5-2/h9,12,17-18,20-21,26-27,29-30,39,42,48,51,65H,4-8,10-11,13-16,19,22-25,28,31-38,40-41,43-47,49-50,52-64H2,1-3H3/b12-9-,20-17-,21-18-,29-26-,30-27-,42-39-,51-48-. The molecule has 0 saturated heterocycles. The molecule has 6 heteroatoms. The lowest BCUT2D eigenvalue weighted by atomic mass is 10.0. The number of allylic oxidation sites excluding steroid dienone is 14. The quantitative estimate of drug-likeness (QED) is 0.0261. The molecule has 0 aromatic rings. The molecular weight excluding hydrogens is 913 g/mol. The Morgan fingerprint density at radius 1 is 0.284 bits per heavy atom. The maximum atomic E-state index is 12.9. The van der Waals surface area contributed by atoms with Crippen LogP contribution in [0.5, 0.6) is 0 Å². The molecule has 0 aliphatic heterocycles.